The lowest BCUT2D eigenvalue weighted by atomic mass is 10.0. The SMILES string of the molecule is Cn1nc(NS(C)(=O)=O)c2c(Cl)ccc(-n3c([C@H](Cc4cc(F)cc(F)c4)NC(=O)Cn4nc(C(F)F)c5c4C(F)(F)[C@@H]4C[C@H]54)nc4cc(-c5ccc6scnc6c5)ccc4c3=O)c21. The molecule has 328 valence electrons. The molecule has 1 saturated carbocycles. The zero-order valence-electron chi connectivity index (χ0n) is 33.1. The van der Waals surface area contributed by atoms with E-state index in [2.05, 4.69) is 25.2 Å². The second kappa shape index (κ2) is 14.9. The highest BCUT2D eigenvalue weighted by Gasteiger charge is 2.67. The van der Waals surface area contributed by atoms with E-state index in [1.54, 1.807) is 17.6 Å². The highest BCUT2D eigenvalue weighted by molar-refractivity contribution is 7.92. The fourth-order valence-electron chi connectivity index (χ4n) is 8.80. The summed E-state index contributed by atoms with van der Waals surface area (Å²) in [5, 5.41) is 10.9. The highest BCUT2D eigenvalue weighted by Crippen LogP contribution is 2.68. The molecule has 1 fully saturated rings. The average Bonchev–Trinajstić information content (AvgIpc) is 3.44. The number of halogens is 7. The number of alkyl halides is 4. The number of nitrogens with one attached hydrogen (secondary N) is 2. The van der Waals surface area contributed by atoms with Gasteiger partial charge in [-0.2, -0.15) is 19.0 Å². The van der Waals surface area contributed by atoms with Crippen LogP contribution in [0.3, 0.4) is 0 Å². The highest BCUT2D eigenvalue weighted by atomic mass is 35.5. The fourth-order valence-corrected chi connectivity index (χ4v) is 10.2. The third-order valence-corrected chi connectivity index (χ3v) is 13.2. The van der Waals surface area contributed by atoms with Crippen LogP contribution in [-0.4, -0.2) is 54.7 Å². The normalized spacial score (nSPS) is 17.0. The zero-order valence-corrected chi connectivity index (χ0v) is 35.5. The maximum absolute atomic E-state index is 15.6. The Labute approximate surface area is 366 Å². The van der Waals surface area contributed by atoms with Crippen molar-refractivity contribution in [1.82, 2.24) is 39.4 Å². The van der Waals surface area contributed by atoms with E-state index in [0.29, 0.717) is 16.3 Å². The molecular weight excluding hydrogens is 908 g/mol. The first-order valence-corrected chi connectivity index (χ1v) is 22.6. The Morgan fingerprint density at radius 3 is 2.44 bits per heavy atom. The molecule has 0 bridgehead atoms. The van der Waals surface area contributed by atoms with Crippen LogP contribution >= 0.6 is 22.9 Å². The molecule has 10 rings (SSSR count). The Kier molecular flexibility index (Phi) is 9.69. The van der Waals surface area contributed by atoms with E-state index in [1.807, 2.05) is 18.2 Å². The number of hydrogen-bond donors (Lipinski definition) is 2. The Hall–Kier alpha value is -6.32. The largest absolute Gasteiger partial charge is 0.344 e. The molecule has 0 spiro atoms. The predicted molar refractivity (Wildman–Crippen MR) is 227 cm³/mol. The first-order chi connectivity index (χ1) is 30.4. The second-order valence-corrected chi connectivity index (χ2v) is 18.8. The van der Waals surface area contributed by atoms with Crippen molar-refractivity contribution in [3.05, 3.63) is 128 Å². The number of aryl methyl sites for hydroxylation is 1. The second-order valence-electron chi connectivity index (χ2n) is 15.8. The number of carbonyl (C=O) groups is 1. The van der Waals surface area contributed by atoms with E-state index in [-0.39, 0.29) is 61.7 Å². The van der Waals surface area contributed by atoms with Crippen molar-refractivity contribution < 1.29 is 39.6 Å². The molecule has 2 aliphatic carbocycles. The minimum absolute atomic E-state index is 0.00330. The maximum atomic E-state index is 15.6. The van der Waals surface area contributed by atoms with Gasteiger partial charge in [0.05, 0.1) is 60.5 Å². The molecule has 13 nitrogen and oxygen atoms in total. The Balaban J connectivity index is 1.18. The summed E-state index contributed by atoms with van der Waals surface area (Å²) < 4.78 is 120. The van der Waals surface area contributed by atoms with Gasteiger partial charge in [-0.25, -0.2) is 35.9 Å². The number of sulfonamides is 1. The van der Waals surface area contributed by atoms with Gasteiger partial charge in [-0.1, -0.05) is 23.7 Å². The van der Waals surface area contributed by atoms with Gasteiger partial charge in [-0.3, -0.25) is 28.2 Å². The molecule has 1 amide bonds. The number of nitrogens with zero attached hydrogens (tertiary/aromatic N) is 7. The van der Waals surface area contributed by atoms with Crippen molar-refractivity contribution in [2.75, 3.05) is 11.0 Å². The van der Waals surface area contributed by atoms with Crippen LogP contribution in [0.15, 0.2) is 77.0 Å². The summed E-state index contributed by atoms with van der Waals surface area (Å²) in [4.78, 5) is 38.6. The molecule has 0 saturated heterocycles. The van der Waals surface area contributed by atoms with Crippen molar-refractivity contribution in [3.63, 3.8) is 0 Å². The van der Waals surface area contributed by atoms with Gasteiger partial charge in [0.15, 0.2) is 5.82 Å². The number of carbonyl (C=O) groups excluding carboxylic acids is 1. The minimum Gasteiger partial charge on any atom is -0.344 e. The lowest BCUT2D eigenvalue weighted by Gasteiger charge is -2.24. The third kappa shape index (κ3) is 7.05. The molecule has 8 aromatic rings. The third-order valence-electron chi connectivity index (χ3n) is 11.5. The summed E-state index contributed by atoms with van der Waals surface area (Å²) >= 11 is 8.10. The molecule has 4 heterocycles. The number of anilines is 1. The van der Waals surface area contributed by atoms with Gasteiger partial charge in [0.1, 0.15) is 35.4 Å². The number of aromatic nitrogens is 7. The number of thiazole rings is 1. The monoisotopic (exact) mass is 937 g/mol. The van der Waals surface area contributed by atoms with Crippen LogP contribution in [0.4, 0.5) is 32.2 Å². The molecule has 22 heteroatoms. The molecule has 64 heavy (non-hydrogen) atoms. The number of fused-ring (bicyclic) bond motifs is 6. The summed E-state index contributed by atoms with van der Waals surface area (Å²) in [6.45, 7) is -0.980. The van der Waals surface area contributed by atoms with Crippen LogP contribution in [-0.2, 0) is 40.8 Å². The number of rotatable bonds is 11. The Bertz CT molecular complexity index is 3440. The molecule has 4 aromatic heterocycles. The lowest BCUT2D eigenvalue weighted by Crippen LogP contribution is -2.38. The molecule has 0 unspecified atom stereocenters. The molecule has 2 aliphatic rings. The van der Waals surface area contributed by atoms with Crippen molar-refractivity contribution in [1.29, 1.82) is 0 Å². The van der Waals surface area contributed by atoms with Gasteiger partial charge in [-0.05, 0) is 77.6 Å². The van der Waals surface area contributed by atoms with Crippen molar-refractivity contribution in [3.8, 4) is 16.8 Å². The number of amides is 1. The fraction of sp³-hybridized carbons (Fsp3) is 0.238. The maximum Gasteiger partial charge on any atom is 0.293 e. The van der Waals surface area contributed by atoms with Crippen molar-refractivity contribution in [2.45, 2.75) is 43.7 Å². The van der Waals surface area contributed by atoms with E-state index in [0.717, 1.165) is 38.7 Å². The van der Waals surface area contributed by atoms with E-state index in [4.69, 9.17) is 16.6 Å². The molecule has 0 radical (unpaired) electrons. The number of hydrogen-bond acceptors (Lipinski definition) is 9. The molecule has 4 aromatic carbocycles. The number of benzene rings is 4. The van der Waals surface area contributed by atoms with E-state index < -0.39 is 87.7 Å². The van der Waals surface area contributed by atoms with E-state index in [9.17, 15) is 30.8 Å². The molecule has 2 N–H and O–H groups in total. The van der Waals surface area contributed by atoms with Gasteiger partial charge in [0, 0.05) is 31.0 Å². The zero-order chi connectivity index (χ0) is 45.1. The average molecular weight is 938 g/mol. The summed E-state index contributed by atoms with van der Waals surface area (Å²) in [5.74, 6) is -8.99. The van der Waals surface area contributed by atoms with Gasteiger partial charge in [0.25, 0.3) is 17.9 Å². The quantitative estimate of drug-likeness (QED) is 0.123. The summed E-state index contributed by atoms with van der Waals surface area (Å²) in [6.07, 6.45) is -2.76. The molecule has 0 aliphatic heterocycles. The van der Waals surface area contributed by atoms with Crippen LogP contribution in [0.2, 0.25) is 5.02 Å². The topological polar surface area (TPSA) is 159 Å². The van der Waals surface area contributed by atoms with Gasteiger partial charge < -0.3 is 5.32 Å². The van der Waals surface area contributed by atoms with Crippen LogP contribution in [0, 0.1) is 17.6 Å². The van der Waals surface area contributed by atoms with Crippen LogP contribution in [0.1, 0.15) is 53.1 Å². The van der Waals surface area contributed by atoms with Gasteiger partial charge in [-0.15, -0.1) is 11.3 Å². The van der Waals surface area contributed by atoms with E-state index >= 15 is 13.6 Å². The summed E-state index contributed by atoms with van der Waals surface area (Å²) in [6, 6.07) is 14.4. The van der Waals surface area contributed by atoms with Crippen molar-refractivity contribution >= 4 is 76.7 Å². The molecular formula is C42H30ClF6N9O4S2. The lowest BCUT2D eigenvalue weighted by molar-refractivity contribution is -0.123. The van der Waals surface area contributed by atoms with Gasteiger partial charge >= 0.3 is 0 Å². The van der Waals surface area contributed by atoms with Crippen molar-refractivity contribution in [2.24, 2.45) is 13.0 Å². The first kappa shape index (κ1) is 41.7. The van der Waals surface area contributed by atoms with Crippen LogP contribution in [0.5, 0.6) is 0 Å². The van der Waals surface area contributed by atoms with Gasteiger partial charge in [0.2, 0.25) is 15.9 Å². The Morgan fingerprint density at radius 1 is 1.00 bits per heavy atom. The smallest absolute Gasteiger partial charge is 0.293 e. The Morgan fingerprint density at radius 2 is 1.72 bits per heavy atom. The standard InChI is InChI=1S/C42H30ClF6N9O4S2/c1-56-36-30(7-6-26(43)34(36)39(54-56)55-64(2,61)62)58-40(52-27-12-19(3-5-23(27)41(58)60)20-4-8-31-28(13-20)50-17-63-31)29(11-18-9-21(44)14-22(45)10-18)51-32(59)16-57-37-33(35(53-57)38(46)47)24-15-25(24)42(37,48)49/h3-10,12-14,17,24-25,29,38H,11,15-16H2,1-2H3,(H,51,59)(H,54,55)/t24-,25+,29-/m0/s1. The van der Waals surface area contributed by atoms with E-state index in [1.165, 1.54) is 41.3 Å². The molecule has 3 atom stereocenters. The first-order valence-electron chi connectivity index (χ1n) is 19.4. The van der Waals surface area contributed by atoms with Crippen LogP contribution in [0.25, 0.3) is 48.8 Å². The predicted octanol–water partition coefficient (Wildman–Crippen LogP) is 8.30. The summed E-state index contributed by atoms with van der Waals surface area (Å²) in [7, 11) is -2.45. The minimum atomic E-state index is -3.91. The van der Waals surface area contributed by atoms with Crippen LogP contribution < -0.4 is 15.6 Å². The summed E-state index contributed by atoms with van der Waals surface area (Å²) in [5.41, 5.74) is 1.34.